The molecule has 1 N–H and O–H groups in total. The summed E-state index contributed by atoms with van der Waals surface area (Å²) in [6, 6.07) is 0.812. The number of rotatable bonds is 8. The summed E-state index contributed by atoms with van der Waals surface area (Å²) in [4.78, 5) is 2.71. The summed E-state index contributed by atoms with van der Waals surface area (Å²) in [5.74, 6) is 0.974. The molecule has 2 nitrogen and oxygen atoms in total. The molecule has 2 heteroatoms. The van der Waals surface area contributed by atoms with Crippen LogP contribution in [0.3, 0.4) is 0 Å². The minimum absolute atomic E-state index is 0.812. The molecule has 0 saturated carbocycles. The van der Waals surface area contributed by atoms with E-state index in [1.165, 1.54) is 64.6 Å². The molecule has 1 aliphatic heterocycles. The van der Waals surface area contributed by atoms with Crippen LogP contribution >= 0.6 is 0 Å². The van der Waals surface area contributed by atoms with E-state index in [-0.39, 0.29) is 0 Å². The lowest BCUT2D eigenvalue weighted by molar-refractivity contribution is 0.130. The Hall–Kier alpha value is -0.0800. The molecule has 1 fully saturated rings. The van der Waals surface area contributed by atoms with E-state index in [2.05, 4.69) is 31.1 Å². The van der Waals surface area contributed by atoms with Gasteiger partial charge in [0.15, 0.2) is 0 Å². The Morgan fingerprint density at radius 1 is 1.24 bits per heavy atom. The first-order chi connectivity index (χ1) is 8.27. The average Bonchev–Trinajstić information content (AvgIpc) is 2.37. The lowest BCUT2D eigenvalue weighted by atomic mass is 9.92. The topological polar surface area (TPSA) is 15.3 Å². The standard InChI is InChI=1S/C15H32N2/c1-4-5-6-7-14(2)17-12-9-15(10-13-17)8-11-16-3/h14-16H,4-13H2,1-3H3. The van der Waals surface area contributed by atoms with Crippen LogP contribution in [0.4, 0.5) is 0 Å². The predicted octanol–water partition coefficient (Wildman–Crippen LogP) is 3.28. The Balaban J connectivity index is 2.12. The van der Waals surface area contributed by atoms with Crippen molar-refractivity contribution in [3.63, 3.8) is 0 Å². The molecule has 1 saturated heterocycles. The van der Waals surface area contributed by atoms with Crippen LogP contribution in [0.15, 0.2) is 0 Å². The highest BCUT2D eigenvalue weighted by Gasteiger charge is 2.21. The van der Waals surface area contributed by atoms with Crippen LogP contribution in [0.5, 0.6) is 0 Å². The van der Waals surface area contributed by atoms with E-state index in [0.717, 1.165) is 12.0 Å². The number of piperidine rings is 1. The van der Waals surface area contributed by atoms with Gasteiger partial charge in [-0.1, -0.05) is 26.2 Å². The number of unbranched alkanes of at least 4 members (excludes halogenated alkanes) is 2. The minimum Gasteiger partial charge on any atom is -0.320 e. The van der Waals surface area contributed by atoms with Crippen molar-refractivity contribution in [1.29, 1.82) is 0 Å². The zero-order chi connectivity index (χ0) is 12.5. The molecule has 0 aromatic rings. The number of hydrogen-bond donors (Lipinski definition) is 1. The summed E-state index contributed by atoms with van der Waals surface area (Å²) in [6.07, 6.45) is 9.77. The first-order valence-electron chi connectivity index (χ1n) is 7.66. The highest BCUT2D eigenvalue weighted by molar-refractivity contribution is 4.76. The van der Waals surface area contributed by atoms with E-state index < -0.39 is 0 Å². The SMILES string of the molecule is CCCCCC(C)N1CCC(CCNC)CC1. The zero-order valence-corrected chi connectivity index (χ0v) is 12.2. The second-order valence-corrected chi connectivity index (χ2v) is 5.72. The van der Waals surface area contributed by atoms with Gasteiger partial charge in [0.1, 0.15) is 0 Å². The van der Waals surface area contributed by atoms with E-state index in [9.17, 15) is 0 Å². The fraction of sp³-hybridized carbons (Fsp3) is 1.00. The normalized spacial score (nSPS) is 20.6. The molecule has 0 aliphatic carbocycles. The van der Waals surface area contributed by atoms with Gasteiger partial charge in [0.05, 0.1) is 0 Å². The van der Waals surface area contributed by atoms with Crippen LogP contribution in [0, 0.1) is 5.92 Å². The Bertz CT molecular complexity index is 174. The molecule has 0 spiro atoms. The predicted molar refractivity (Wildman–Crippen MR) is 76.4 cm³/mol. The third kappa shape index (κ3) is 5.87. The van der Waals surface area contributed by atoms with Gasteiger partial charge < -0.3 is 10.2 Å². The van der Waals surface area contributed by atoms with Gasteiger partial charge in [0.25, 0.3) is 0 Å². The maximum Gasteiger partial charge on any atom is 0.00669 e. The van der Waals surface area contributed by atoms with Crippen molar-refractivity contribution < 1.29 is 0 Å². The van der Waals surface area contributed by atoms with Gasteiger partial charge >= 0.3 is 0 Å². The van der Waals surface area contributed by atoms with E-state index in [0.29, 0.717) is 0 Å². The van der Waals surface area contributed by atoms with Gasteiger partial charge in [-0.2, -0.15) is 0 Å². The fourth-order valence-electron chi connectivity index (χ4n) is 2.90. The molecule has 0 aromatic carbocycles. The Morgan fingerprint density at radius 3 is 2.53 bits per heavy atom. The van der Waals surface area contributed by atoms with Crippen molar-refractivity contribution in [2.45, 2.75) is 64.8 Å². The van der Waals surface area contributed by atoms with E-state index in [4.69, 9.17) is 0 Å². The molecule has 1 heterocycles. The van der Waals surface area contributed by atoms with Gasteiger partial charge in [-0.3, -0.25) is 0 Å². The van der Waals surface area contributed by atoms with Crippen molar-refractivity contribution in [3.05, 3.63) is 0 Å². The summed E-state index contributed by atoms with van der Waals surface area (Å²) in [5.41, 5.74) is 0. The van der Waals surface area contributed by atoms with Crippen molar-refractivity contribution >= 4 is 0 Å². The van der Waals surface area contributed by atoms with Crippen LogP contribution in [-0.2, 0) is 0 Å². The smallest absolute Gasteiger partial charge is 0.00669 e. The van der Waals surface area contributed by atoms with Gasteiger partial charge in [0.2, 0.25) is 0 Å². The summed E-state index contributed by atoms with van der Waals surface area (Å²) in [6.45, 7) is 8.57. The van der Waals surface area contributed by atoms with Crippen LogP contribution in [0.25, 0.3) is 0 Å². The van der Waals surface area contributed by atoms with Crippen molar-refractivity contribution in [2.75, 3.05) is 26.7 Å². The highest BCUT2D eigenvalue weighted by Crippen LogP contribution is 2.22. The molecular formula is C15H32N2. The third-order valence-electron chi connectivity index (χ3n) is 4.30. The second kappa shape index (κ2) is 8.93. The monoisotopic (exact) mass is 240 g/mol. The summed E-state index contributed by atoms with van der Waals surface area (Å²) in [5, 5.41) is 3.27. The molecule has 0 amide bonds. The number of nitrogens with one attached hydrogen (secondary N) is 1. The van der Waals surface area contributed by atoms with Gasteiger partial charge in [-0.25, -0.2) is 0 Å². The molecular weight excluding hydrogens is 208 g/mol. The maximum atomic E-state index is 3.27. The molecule has 17 heavy (non-hydrogen) atoms. The highest BCUT2D eigenvalue weighted by atomic mass is 15.2. The van der Waals surface area contributed by atoms with Gasteiger partial charge in [0, 0.05) is 6.04 Å². The molecule has 1 unspecified atom stereocenters. The van der Waals surface area contributed by atoms with Crippen LogP contribution in [0.2, 0.25) is 0 Å². The Morgan fingerprint density at radius 2 is 1.94 bits per heavy atom. The first-order valence-corrected chi connectivity index (χ1v) is 7.66. The minimum atomic E-state index is 0.812. The van der Waals surface area contributed by atoms with E-state index in [1.54, 1.807) is 0 Å². The molecule has 1 aliphatic rings. The molecule has 0 aromatic heterocycles. The number of hydrogen-bond acceptors (Lipinski definition) is 2. The number of nitrogens with zero attached hydrogens (tertiary/aromatic N) is 1. The van der Waals surface area contributed by atoms with Gasteiger partial charge in [-0.05, 0) is 65.2 Å². The van der Waals surface area contributed by atoms with E-state index in [1.807, 2.05) is 0 Å². The zero-order valence-electron chi connectivity index (χ0n) is 12.2. The lowest BCUT2D eigenvalue weighted by Gasteiger charge is -2.36. The molecule has 0 bridgehead atoms. The third-order valence-corrected chi connectivity index (χ3v) is 4.30. The maximum absolute atomic E-state index is 3.27. The fourth-order valence-corrected chi connectivity index (χ4v) is 2.90. The van der Waals surface area contributed by atoms with Crippen LogP contribution < -0.4 is 5.32 Å². The molecule has 1 atom stereocenters. The lowest BCUT2D eigenvalue weighted by Crippen LogP contribution is -2.40. The first kappa shape index (κ1) is 15.0. The molecule has 1 rings (SSSR count). The van der Waals surface area contributed by atoms with Gasteiger partial charge in [-0.15, -0.1) is 0 Å². The van der Waals surface area contributed by atoms with Crippen molar-refractivity contribution in [3.8, 4) is 0 Å². The quantitative estimate of drug-likeness (QED) is 0.655. The summed E-state index contributed by atoms with van der Waals surface area (Å²) < 4.78 is 0. The largest absolute Gasteiger partial charge is 0.320 e. The average molecular weight is 240 g/mol. The Labute approximate surface area is 108 Å². The van der Waals surface area contributed by atoms with Crippen molar-refractivity contribution in [1.82, 2.24) is 10.2 Å². The second-order valence-electron chi connectivity index (χ2n) is 5.72. The molecule has 0 radical (unpaired) electrons. The van der Waals surface area contributed by atoms with E-state index >= 15 is 0 Å². The summed E-state index contributed by atoms with van der Waals surface area (Å²) in [7, 11) is 2.06. The number of likely N-dealkylation sites (tertiary alicyclic amines) is 1. The van der Waals surface area contributed by atoms with Crippen molar-refractivity contribution in [2.24, 2.45) is 5.92 Å². The van der Waals surface area contributed by atoms with Crippen LogP contribution in [-0.4, -0.2) is 37.6 Å². The molecule has 102 valence electrons. The van der Waals surface area contributed by atoms with Crippen LogP contribution in [0.1, 0.15) is 58.8 Å². The Kier molecular flexibility index (Phi) is 7.87. The summed E-state index contributed by atoms with van der Waals surface area (Å²) >= 11 is 0.